The van der Waals surface area contributed by atoms with Crippen molar-refractivity contribution in [1.29, 1.82) is 0 Å². The summed E-state index contributed by atoms with van der Waals surface area (Å²) in [7, 11) is -9.90. The topological polar surface area (TPSA) is 237 Å². The van der Waals surface area contributed by atoms with Crippen LogP contribution in [0.25, 0.3) is 0 Å². The molecule has 0 saturated carbocycles. The quantitative estimate of drug-likeness (QED) is 0.0222. The van der Waals surface area contributed by atoms with Crippen molar-refractivity contribution in [3.63, 3.8) is 0 Å². The number of phosphoric acid groups is 2. The number of rotatable bonds is 72. The Morgan fingerprint density at radius 1 is 0.315 bits per heavy atom. The van der Waals surface area contributed by atoms with Crippen molar-refractivity contribution >= 4 is 39.5 Å². The molecule has 0 aromatic carbocycles. The highest BCUT2D eigenvalue weighted by atomic mass is 31.2. The van der Waals surface area contributed by atoms with Crippen LogP contribution in [0.4, 0.5) is 0 Å². The molecule has 0 aliphatic heterocycles. The second kappa shape index (κ2) is 65.0. The minimum Gasteiger partial charge on any atom is -0.462 e. The molecule has 6 atom stereocenters. The average molecular weight is 1350 g/mol. The summed E-state index contributed by atoms with van der Waals surface area (Å²) < 4.78 is 68.2. The third-order valence-electron chi connectivity index (χ3n) is 17.3. The zero-order valence-corrected chi connectivity index (χ0v) is 61.6. The van der Waals surface area contributed by atoms with Gasteiger partial charge in [-0.1, -0.05) is 324 Å². The molecule has 0 radical (unpaired) electrons. The zero-order chi connectivity index (χ0) is 67.9. The highest BCUT2D eigenvalue weighted by molar-refractivity contribution is 7.47. The van der Waals surface area contributed by atoms with Gasteiger partial charge in [0, 0.05) is 25.7 Å². The molecule has 17 nitrogen and oxygen atoms in total. The van der Waals surface area contributed by atoms with Crippen LogP contribution in [0.2, 0.25) is 0 Å². The first kappa shape index (κ1) is 90.1. The number of aliphatic hydroxyl groups excluding tert-OH is 1. The molecule has 3 unspecified atom stereocenters. The van der Waals surface area contributed by atoms with Crippen LogP contribution in [0.1, 0.15) is 375 Å². The minimum absolute atomic E-state index is 0.105. The molecule has 0 heterocycles. The number of phosphoric ester groups is 2. The van der Waals surface area contributed by atoms with Crippen molar-refractivity contribution in [2.75, 3.05) is 39.6 Å². The van der Waals surface area contributed by atoms with E-state index in [2.05, 4.69) is 41.5 Å². The largest absolute Gasteiger partial charge is 0.472 e. The molecule has 19 heteroatoms. The SMILES string of the molecule is CCCCCCCCCCCC(=O)O[C@H](COC(=O)CCCCCCCCC)COP(=O)(O)OC[C@H](O)COP(=O)(O)OC[C@@H](COC(=O)CCCCCCCCCCCCCCCCC(C)CC)OC(=O)CCCCCCCCCCCCCCCCCC(C)C. The van der Waals surface area contributed by atoms with Crippen molar-refractivity contribution < 1.29 is 80.2 Å². The standard InChI is InChI=1S/C73H142O17P2/c1-7-10-12-14-16-30-39-45-51-57-72(77)89-68(61-83-70(75)55-49-43-35-15-13-11-8-2)63-87-91(79,80)85-59-67(74)60-86-92(81,82)88-64-69(90-73(78)58-52-46-40-34-29-25-19-17-18-22-26-31-36-41-47-53-65(4)5)62-84-71(76)56-50-44-38-33-28-24-21-20-23-27-32-37-42-48-54-66(6)9-3/h65-69,74H,7-64H2,1-6H3,(H,79,80)(H,81,82)/t66?,67-,68+,69+/m0/s1. The van der Waals surface area contributed by atoms with Crippen molar-refractivity contribution in [2.24, 2.45) is 11.8 Å². The molecule has 0 amide bonds. The number of hydrogen-bond donors (Lipinski definition) is 3. The van der Waals surface area contributed by atoms with E-state index in [1.165, 1.54) is 180 Å². The zero-order valence-electron chi connectivity index (χ0n) is 59.9. The first-order valence-corrected chi connectivity index (χ1v) is 41.0. The highest BCUT2D eigenvalue weighted by Crippen LogP contribution is 2.45. The van der Waals surface area contributed by atoms with Crippen LogP contribution < -0.4 is 0 Å². The lowest BCUT2D eigenvalue weighted by Crippen LogP contribution is -2.30. The minimum atomic E-state index is -4.95. The van der Waals surface area contributed by atoms with E-state index in [4.69, 9.17) is 37.0 Å². The van der Waals surface area contributed by atoms with Crippen LogP contribution in [-0.2, 0) is 65.4 Å². The van der Waals surface area contributed by atoms with E-state index in [0.29, 0.717) is 25.7 Å². The van der Waals surface area contributed by atoms with E-state index in [-0.39, 0.29) is 25.7 Å². The maximum absolute atomic E-state index is 13.1. The molecule has 0 aromatic rings. The summed E-state index contributed by atoms with van der Waals surface area (Å²) in [5.74, 6) is -0.473. The van der Waals surface area contributed by atoms with Gasteiger partial charge in [-0.05, 0) is 37.5 Å². The fraction of sp³-hybridized carbons (Fsp3) is 0.945. The van der Waals surface area contributed by atoms with Gasteiger partial charge in [0.25, 0.3) is 0 Å². The predicted molar refractivity (Wildman–Crippen MR) is 372 cm³/mol. The first-order chi connectivity index (χ1) is 44.4. The van der Waals surface area contributed by atoms with E-state index < -0.39 is 97.5 Å². The number of ether oxygens (including phenoxy) is 4. The molecular formula is C73H142O17P2. The van der Waals surface area contributed by atoms with Crippen LogP contribution in [0, 0.1) is 11.8 Å². The van der Waals surface area contributed by atoms with Crippen LogP contribution in [0.5, 0.6) is 0 Å². The van der Waals surface area contributed by atoms with Gasteiger partial charge in [0.2, 0.25) is 0 Å². The summed E-state index contributed by atoms with van der Waals surface area (Å²) in [5, 5.41) is 10.6. The Morgan fingerprint density at radius 3 is 0.826 bits per heavy atom. The van der Waals surface area contributed by atoms with E-state index in [1.807, 2.05) is 0 Å². The van der Waals surface area contributed by atoms with Gasteiger partial charge in [-0.25, -0.2) is 9.13 Å². The summed E-state index contributed by atoms with van der Waals surface area (Å²) >= 11 is 0. The van der Waals surface area contributed by atoms with Gasteiger partial charge < -0.3 is 33.8 Å². The summed E-state index contributed by atoms with van der Waals surface area (Å²) in [5.41, 5.74) is 0. The monoisotopic (exact) mass is 1350 g/mol. The molecule has 3 N–H and O–H groups in total. The summed E-state index contributed by atoms with van der Waals surface area (Å²) in [6.45, 7) is 9.60. The van der Waals surface area contributed by atoms with Gasteiger partial charge >= 0.3 is 39.5 Å². The Bertz CT molecular complexity index is 1790. The Labute approximate surface area is 562 Å². The fourth-order valence-electron chi connectivity index (χ4n) is 11.1. The van der Waals surface area contributed by atoms with Crippen LogP contribution in [-0.4, -0.2) is 96.7 Å². The lowest BCUT2D eigenvalue weighted by Gasteiger charge is -2.21. The molecule has 0 bridgehead atoms. The van der Waals surface area contributed by atoms with Crippen molar-refractivity contribution in [3.05, 3.63) is 0 Å². The van der Waals surface area contributed by atoms with Crippen LogP contribution in [0.3, 0.4) is 0 Å². The Morgan fingerprint density at radius 2 is 0.554 bits per heavy atom. The summed E-state index contributed by atoms with van der Waals surface area (Å²) in [6, 6.07) is 0. The highest BCUT2D eigenvalue weighted by Gasteiger charge is 2.30. The van der Waals surface area contributed by atoms with Gasteiger partial charge in [0.05, 0.1) is 26.4 Å². The van der Waals surface area contributed by atoms with E-state index in [9.17, 15) is 43.2 Å². The molecule has 546 valence electrons. The van der Waals surface area contributed by atoms with Crippen molar-refractivity contribution in [3.8, 4) is 0 Å². The van der Waals surface area contributed by atoms with E-state index in [0.717, 1.165) is 115 Å². The number of unbranched alkanes of at least 4 members (excludes halogenated alkanes) is 41. The lowest BCUT2D eigenvalue weighted by molar-refractivity contribution is -0.161. The molecule has 92 heavy (non-hydrogen) atoms. The van der Waals surface area contributed by atoms with Crippen molar-refractivity contribution in [2.45, 2.75) is 394 Å². The molecule has 0 aromatic heterocycles. The summed E-state index contributed by atoms with van der Waals surface area (Å²) in [4.78, 5) is 72.5. The van der Waals surface area contributed by atoms with Gasteiger partial charge in [-0.3, -0.25) is 37.3 Å². The smallest absolute Gasteiger partial charge is 0.462 e. The van der Waals surface area contributed by atoms with Gasteiger partial charge in [0.1, 0.15) is 19.3 Å². The van der Waals surface area contributed by atoms with Crippen molar-refractivity contribution in [1.82, 2.24) is 0 Å². The number of esters is 4. The van der Waals surface area contributed by atoms with Gasteiger partial charge in [-0.15, -0.1) is 0 Å². The normalized spacial score (nSPS) is 14.4. The molecule has 0 spiro atoms. The number of carbonyl (C=O) groups is 4. The van der Waals surface area contributed by atoms with Gasteiger partial charge in [0.15, 0.2) is 12.2 Å². The Balaban J connectivity index is 5.17. The molecule has 0 aliphatic carbocycles. The van der Waals surface area contributed by atoms with E-state index in [1.54, 1.807) is 0 Å². The second-order valence-corrected chi connectivity index (χ2v) is 30.0. The number of aliphatic hydroxyl groups is 1. The Hall–Kier alpha value is -1.94. The van der Waals surface area contributed by atoms with Gasteiger partial charge in [-0.2, -0.15) is 0 Å². The molecule has 0 rings (SSSR count). The molecular weight excluding hydrogens is 1210 g/mol. The molecule has 0 aliphatic rings. The van der Waals surface area contributed by atoms with Crippen LogP contribution in [0.15, 0.2) is 0 Å². The lowest BCUT2D eigenvalue weighted by atomic mass is 9.99. The number of hydrogen-bond acceptors (Lipinski definition) is 15. The molecule has 0 fully saturated rings. The van der Waals surface area contributed by atoms with E-state index >= 15 is 0 Å². The maximum Gasteiger partial charge on any atom is 0.472 e. The first-order valence-electron chi connectivity index (χ1n) is 38.0. The summed E-state index contributed by atoms with van der Waals surface area (Å²) in [6.07, 6.45) is 51.5. The fourth-order valence-corrected chi connectivity index (χ4v) is 12.7. The predicted octanol–water partition coefficient (Wildman–Crippen LogP) is 21.2. The average Bonchev–Trinajstić information content (AvgIpc) is 2.96. The Kier molecular flexibility index (Phi) is 63.7. The maximum atomic E-state index is 13.1. The second-order valence-electron chi connectivity index (χ2n) is 27.1. The third-order valence-corrected chi connectivity index (χ3v) is 19.2. The number of carbonyl (C=O) groups excluding carboxylic acids is 4. The third kappa shape index (κ3) is 65.4. The molecule has 0 saturated heterocycles. The van der Waals surface area contributed by atoms with Crippen LogP contribution >= 0.6 is 15.6 Å².